The number of hydrogen-bond acceptors (Lipinski definition) is 4. The second kappa shape index (κ2) is 6.85. The smallest absolute Gasteiger partial charge is 0.256 e. The van der Waals surface area contributed by atoms with Crippen molar-refractivity contribution in [2.24, 2.45) is 5.84 Å². The zero-order valence-electron chi connectivity index (χ0n) is 12.3. The van der Waals surface area contributed by atoms with Gasteiger partial charge in [0.1, 0.15) is 0 Å². The molecule has 0 saturated carbocycles. The molecule has 2 aromatic rings. The molecule has 0 atom stereocenters. The van der Waals surface area contributed by atoms with Crippen LogP contribution in [0.2, 0.25) is 0 Å². The van der Waals surface area contributed by atoms with Crippen molar-refractivity contribution >= 4 is 11.6 Å². The Bertz CT molecular complexity index is 613. The lowest BCUT2D eigenvalue weighted by Crippen LogP contribution is -2.31. The molecular formula is C16H20N4O. The lowest BCUT2D eigenvalue weighted by atomic mass is 10.1. The molecule has 0 unspecified atom stereocenters. The average Bonchev–Trinajstić information content (AvgIpc) is 2.52. The van der Waals surface area contributed by atoms with Crippen molar-refractivity contribution in [3.63, 3.8) is 0 Å². The topological polar surface area (TPSA) is 71.2 Å². The fourth-order valence-electron chi connectivity index (χ4n) is 2.17. The molecule has 0 aliphatic carbocycles. The molecule has 3 N–H and O–H groups in total. The Hall–Kier alpha value is -2.40. The minimum absolute atomic E-state index is 0.0396. The summed E-state index contributed by atoms with van der Waals surface area (Å²) >= 11 is 0. The number of nitrogens with one attached hydrogen (secondary N) is 1. The van der Waals surface area contributed by atoms with Gasteiger partial charge in [0, 0.05) is 25.5 Å². The molecule has 0 aliphatic rings. The van der Waals surface area contributed by atoms with Crippen LogP contribution in [0.3, 0.4) is 0 Å². The zero-order chi connectivity index (χ0) is 15.2. The number of nitrogen functional groups attached to an aromatic ring is 1. The maximum Gasteiger partial charge on any atom is 0.256 e. The molecule has 110 valence electrons. The number of carbonyl (C=O) groups is 1. The monoisotopic (exact) mass is 284 g/mol. The van der Waals surface area contributed by atoms with Gasteiger partial charge in [0.25, 0.3) is 5.91 Å². The standard InChI is InChI=1S/C16H20N4O/c1-3-20(11-13-6-8-18-9-7-13)16(21)14-5-4-12(2)10-15(14)19-17/h4-10,19H,3,11,17H2,1-2H3. The Morgan fingerprint density at radius 3 is 2.62 bits per heavy atom. The van der Waals surface area contributed by atoms with Crippen LogP contribution >= 0.6 is 0 Å². The van der Waals surface area contributed by atoms with Gasteiger partial charge in [0.15, 0.2) is 0 Å². The third kappa shape index (κ3) is 3.58. The molecule has 0 aliphatic heterocycles. The normalized spacial score (nSPS) is 10.2. The summed E-state index contributed by atoms with van der Waals surface area (Å²) in [5.41, 5.74) is 5.93. The Labute approximate surface area is 124 Å². The highest BCUT2D eigenvalue weighted by atomic mass is 16.2. The van der Waals surface area contributed by atoms with E-state index in [9.17, 15) is 4.79 Å². The summed E-state index contributed by atoms with van der Waals surface area (Å²) in [6.07, 6.45) is 3.46. The first-order valence-electron chi connectivity index (χ1n) is 6.91. The van der Waals surface area contributed by atoms with Gasteiger partial charge in [-0.25, -0.2) is 0 Å². The number of rotatable bonds is 5. The van der Waals surface area contributed by atoms with E-state index >= 15 is 0 Å². The van der Waals surface area contributed by atoms with E-state index in [4.69, 9.17) is 5.84 Å². The highest BCUT2D eigenvalue weighted by Gasteiger charge is 2.17. The van der Waals surface area contributed by atoms with Gasteiger partial charge in [0.2, 0.25) is 0 Å². The van der Waals surface area contributed by atoms with Crippen LogP contribution in [0.25, 0.3) is 0 Å². The summed E-state index contributed by atoms with van der Waals surface area (Å²) in [6, 6.07) is 9.41. The summed E-state index contributed by atoms with van der Waals surface area (Å²) < 4.78 is 0. The quantitative estimate of drug-likeness (QED) is 0.653. The Kier molecular flexibility index (Phi) is 4.90. The van der Waals surface area contributed by atoms with Crippen LogP contribution < -0.4 is 11.3 Å². The van der Waals surface area contributed by atoms with Crippen LogP contribution in [0.4, 0.5) is 5.69 Å². The van der Waals surface area contributed by atoms with E-state index in [0.29, 0.717) is 24.3 Å². The number of aryl methyl sites for hydroxylation is 1. The van der Waals surface area contributed by atoms with Crippen molar-refractivity contribution in [1.82, 2.24) is 9.88 Å². The number of hydrogen-bond donors (Lipinski definition) is 2. The van der Waals surface area contributed by atoms with Gasteiger partial charge in [-0.3, -0.25) is 15.6 Å². The second-order valence-corrected chi connectivity index (χ2v) is 4.87. The highest BCUT2D eigenvalue weighted by molar-refractivity contribution is 5.99. The van der Waals surface area contributed by atoms with Crippen molar-refractivity contribution in [1.29, 1.82) is 0 Å². The van der Waals surface area contributed by atoms with Gasteiger partial charge < -0.3 is 10.3 Å². The number of carbonyl (C=O) groups excluding carboxylic acids is 1. The number of amides is 1. The Morgan fingerprint density at radius 1 is 1.29 bits per heavy atom. The van der Waals surface area contributed by atoms with Crippen LogP contribution in [-0.4, -0.2) is 22.3 Å². The first-order chi connectivity index (χ1) is 10.2. The Morgan fingerprint density at radius 2 is 2.00 bits per heavy atom. The van der Waals surface area contributed by atoms with E-state index in [1.807, 2.05) is 44.2 Å². The average molecular weight is 284 g/mol. The number of pyridine rings is 1. The molecule has 5 nitrogen and oxygen atoms in total. The molecule has 1 aromatic heterocycles. The molecule has 2 rings (SSSR count). The lowest BCUT2D eigenvalue weighted by Gasteiger charge is -2.22. The predicted molar refractivity (Wildman–Crippen MR) is 83.6 cm³/mol. The zero-order valence-corrected chi connectivity index (χ0v) is 12.3. The highest BCUT2D eigenvalue weighted by Crippen LogP contribution is 2.19. The number of nitrogens with zero attached hydrogens (tertiary/aromatic N) is 2. The maximum atomic E-state index is 12.7. The van der Waals surface area contributed by atoms with E-state index in [1.165, 1.54) is 0 Å². The van der Waals surface area contributed by atoms with Crippen molar-refractivity contribution in [2.45, 2.75) is 20.4 Å². The fourth-order valence-corrected chi connectivity index (χ4v) is 2.17. The third-order valence-electron chi connectivity index (χ3n) is 3.35. The van der Waals surface area contributed by atoms with Crippen molar-refractivity contribution in [3.05, 3.63) is 59.4 Å². The van der Waals surface area contributed by atoms with Gasteiger partial charge in [0.05, 0.1) is 11.3 Å². The lowest BCUT2D eigenvalue weighted by molar-refractivity contribution is 0.0753. The number of aromatic nitrogens is 1. The number of hydrazine groups is 1. The minimum Gasteiger partial charge on any atom is -0.335 e. The summed E-state index contributed by atoms with van der Waals surface area (Å²) in [4.78, 5) is 18.5. The van der Waals surface area contributed by atoms with Crippen LogP contribution in [-0.2, 0) is 6.54 Å². The van der Waals surface area contributed by atoms with Gasteiger partial charge in [-0.05, 0) is 49.2 Å². The maximum absolute atomic E-state index is 12.7. The van der Waals surface area contributed by atoms with E-state index in [0.717, 1.165) is 11.1 Å². The largest absolute Gasteiger partial charge is 0.335 e. The van der Waals surface area contributed by atoms with Gasteiger partial charge in [-0.15, -0.1) is 0 Å². The molecule has 5 heteroatoms. The third-order valence-corrected chi connectivity index (χ3v) is 3.35. The molecular weight excluding hydrogens is 264 g/mol. The van der Waals surface area contributed by atoms with E-state index in [2.05, 4.69) is 10.4 Å². The number of benzene rings is 1. The van der Waals surface area contributed by atoms with Crippen LogP contribution in [0.5, 0.6) is 0 Å². The second-order valence-electron chi connectivity index (χ2n) is 4.87. The first kappa shape index (κ1) is 15.0. The van der Waals surface area contributed by atoms with Crippen LogP contribution in [0, 0.1) is 6.92 Å². The van der Waals surface area contributed by atoms with E-state index in [-0.39, 0.29) is 5.91 Å². The number of nitrogens with two attached hydrogens (primary N) is 1. The van der Waals surface area contributed by atoms with E-state index in [1.54, 1.807) is 17.3 Å². The molecule has 1 amide bonds. The van der Waals surface area contributed by atoms with Crippen molar-refractivity contribution in [2.75, 3.05) is 12.0 Å². The van der Waals surface area contributed by atoms with Crippen molar-refractivity contribution in [3.8, 4) is 0 Å². The fraction of sp³-hybridized carbons (Fsp3) is 0.250. The Balaban J connectivity index is 2.24. The summed E-state index contributed by atoms with van der Waals surface area (Å²) in [6.45, 7) is 5.10. The molecule has 0 spiro atoms. The summed E-state index contributed by atoms with van der Waals surface area (Å²) in [5.74, 6) is 5.48. The van der Waals surface area contributed by atoms with Gasteiger partial charge in [-0.2, -0.15) is 0 Å². The number of anilines is 1. The summed E-state index contributed by atoms with van der Waals surface area (Å²) in [5, 5.41) is 0. The molecule has 0 saturated heterocycles. The molecule has 0 bridgehead atoms. The van der Waals surface area contributed by atoms with E-state index < -0.39 is 0 Å². The van der Waals surface area contributed by atoms with Crippen LogP contribution in [0.15, 0.2) is 42.7 Å². The first-order valence-corrected chi connectivity index (χ1v) is 6.91. The molecule has 0 radical (unpaired) electrons. The van der Waals surface area contributed by atoms with Crippen molar-refractivity contribution < 1.29 is 4.79 Å². The summed E-state index contributed by atoms with van der Waals surface area (Å²) in [7, 11) is 0. The minimum atomic E-state index is -0.0396. The predicted octanol–water partition coefficient (Wildman–Crippen LogP) is 2.34. The van der Waals surface area contributed by atoms with Gasteiger partial charge >= 0.3 is 0 Å². The van der Waals surface area contributed by atoms with Gasteiger partial charge in [-0.1, -0.05) is 6.07 Å². The molecule has 1 heterocycles. The SMILES string of the molecule is CCN(Cc1ccncc1)C(=O)c1ccc(C)cc1NN. The molecule has 21 heavy (non-hydrogen) atoms. The van der Waals surface area contributed by atoms with Crippen LogP contribution in [0.1, 0.15) is 28.4 Å². The molecule has 0 fully saturated rings. The molecule has 1 aromatic carbocycles.